The molecule has 0 aromatic heterocycles. The van der Waals surface area contributed by atoms with Crippen LogP contribution < -0.4 is 5.73 Å². The van der Waals surface area contributed by atoms with Gasteiger partial charge in [0.1, 0.15) is 0 Å². The number of benzene rings is 1. The van der Waals surface area contributed by atoms with E-state index in [9.17, 15) is 0 Å². The van der Waals surface area contributed by atoms with E-state index < -0.39 is 0 Å². The fourth-order valence-corrected chi connectivity index (χ4v) is 2.18. The molecule has 88 valence electrons. The van der Waals surface area contributed by atoms with Gasteiger partial charge in [0.15, 0.2) is 0 Å². The summed E-state index contributed by atoms with van der Waals surface area (Å²) < 4.78 is 5.57. The number of morpholine rings is 1. The van der Waals surface area contributed by atoms with Crippen LogP contribution >= 0.6 is 0 Å². The molecule has 3 heteroatoms. The van der Waals surface area contributed by atoms with Crippen molar-refractivity contribution in [3.63, 3.8) is 0 Å². The van der Waals surface area contributed by atoms with Gasteiger partial charge in [0, 0.05) is 13.1 Å². The molecular formula is C13H20N2O. The van der Waals surface area contributed by atoms with Crippen LogP contribution in [0.2, 0.25) is 0 Å². The molecule has 1 aliphatic rings. The highest BCUT2D eigenvalue weighted by molar-refractivity contribution is 5.19. The van der Waals surface area contributed by atoms with Crippen LogP contribution in [0.1, 0.15) is 18.0 Å². The third-order valence-corrected chi connectivity index (χ3v) is 3.07. The Labute approximate surface area is 97.2 Å². The zero-order chi connectivity index (χ0) is 11.2. The minimum Gasteiger partial charge on any atom is -0.378 e. The smallest absolute Gasteiger partial charge is 0.0664 e. The largest absolute Gasteiger partial charge is 0.378 e. The van der Waals surface area contributed by atoms with Crippen LogP contribution in [0.3, 0.4) is 0 Å². The number of nitrogens with zero attached hydrogens (tertiary/aromatic N) is 1. The van der Waals surface area contributed by atoms with Crippen molar-refractivity contribution >= 4 is 0 Å². The highest BCUT2D eigenvalue weighted by atomic mass is 16.5. The summed E-state index contributed by atoms with van der Waals surface area (Å²) in [5.41, 5.74) is 6.92. The number of rotatable bonds is 4. The van der Waals surface area contributed by atoms with E-state index in [1.54, 1.807) is 0 Å². The van der Waals surface area contributed by atoms with E-state index in [0.717, 1.165) is 39.3 Å². The van der Waals surface area contributed by atoms with Gasteiger partial charge in [0.05, 0.1) is 19.3 Å². The average Bonchev–Trinajstić information content (AvgIpc) is 2.38. The van der Waals surface area contributed by atoms with Gasteiger partial charge in [0.2, 0.25) is 0 Å². The van der Waals surface area contributed by atoms with Crippen LogP contribution in [-0.2, 0) is 4.74 Å². The first-order valence-electron chi connectivity index (χ1n) is 5.98. The molecule has 1 aromatic carbocycles. The second-order valence-corrected chi connectivity index (χ2v) is 4.18. The van der Waals surface area contributed by atoms with E-state index in [2.05, 4.69) is 35.2 Å². The third-order valence-electron chi connectivity index (χ3n) is 3.07. The predicted octanol–water partition coefficient (Wildman–Crippen LogP) is 1.41. The monoisotopic (exact) mass is 220 g/mol. The van der Waals surface area contributed by atoms with Gasteiger partial charge in [-0.25, -0.2) is 0 Å². The van der Waals surface area contributed by atoms with Crippen molar-refractivity contribution in [1.82, 2.24) is 4.90 Å². The van der Waals surface area contributed by atoms with E-state index in [1.807, 2.05) is 0 Å². The Bertz CT molecular complexity index is 302. The van der Waals surface area contributed by atoms with Crippen LogP contribution in [0, 0.1) is 0 Å². The van der Waals surface area contributed by atoms with Crippen LogP contribution in [0.15, 0.2) is 30.3 Å². The van der Waals surface area contributed by atoms with Gasteiger partial charge in [-0.1, -0.05) is 30.3 Å². The number of hydrogen-bond acceptors (Lipinski definition) is 3. The predicted molar refractivity (Wildman–Crippen MR) is 65.2 cm³/mol. The van der Waals surface area contributed by atoms with Crippen molar-refractivity contribution in [3.05, 3.63) is 35.9 Å². The Morgan fingerprint density at radius 3 is 2.88 bits per heavy atom. The minimum atomic E-state index is 0.404. The lowest BCUT2D eigenvalue weighted by atomic mass is 10.0. The maximum absolute atomic E-state index is 5.57. The molecule has 1 aromatic rings. The molecule has 0 spiro atoms. The maximum atomic E-state index is 5.57. The minimum absolute atomic E-state index is 0.404. The normalized spacial score (nSPS) is 22.2. The third kappa shape index (κ3) is 2.82. The van der Waals surface area contributed by atoms with E-state index in [-0.39, 0.29) is 0 Å². The summed E-state index contributed by atoms with van der Waals surface area (Å²) in [6, 6.07) is 11.0. The zero-order valence-corrected chi connectivity index (χ0v) is 9.64. The van der Waals surface area contributed by atoms with Crippen molar-refractivity contribution < 1.29 is 4.74 Å². The number of nitrogens with two attached hydrogens (primary N) is 1. The molecule has 16 heavy (non-hydrogen) atoms. The van der Waals surface area contributed by atoms with Gasteiger partial charge in [-0.05, 0) is 18.5 Å². The number of hydrogen-bond donors (Lipinski definition) is 1. The van der Waals surface area contributed by atoms with Crippen molar-refractivity contribution in [3.8, 4) is 0 Å². The van der Waals surface area contributed by atoms with E-state index in [0.29, 0.717) is 6.04 Å². The maximum Gasteiger partial charge on any atom is 0.0664 e. The molecule has 1 heterocycles. The summed E-state index contributed by atoms with van der Waals surface area (Å²) >= 11 is 0. The van der Waals surface area contributed by atoms with Crippen molar-refractivity contribution in [2.45, 2.75) is 12.5 Å². The lowest BCUT2D eigenvalue weighted by Crippen LogP contribution is -2.40. The molecule has 2 N–H and O–H groups in total. The molecule has 3 nitrogen and oxygen atoms in total. The molecule has 1 atom stereocenters. The Balaban J connectivity index is 2.04. The van der Waals surface area contributed by atoms with Gasteiger partial charge >= 0.3 is 0 Å². The molecule has 1 unspecified atom stereocenters. The summed E-state index contributed by atoms with van der Waals surface area (Å²) in [5, 5.41) is 0. The van der Waals surface area contributed by atoms with Crippen LogP contribution in [0.4, 0.5) is 0 Å². The van der Waals surface area contributed by atoms with Gasteiger partial charge in [-0.2, -0.15) is 0 Å². The summed E-state index contributed by atoms with van der Waals surface area (Å²) in [7, 11) is 0. The van der Waals surface area contributed by atoms with E-state index in [1.165, 1.54) is 5.56 Å². The van der Waals surface area contributed by atoms with Crippen LogP contribution in [-0.4, -0.2) is 37.7 Å². The first-order valence-corrected chi connectivity index (χ1v) is 5.98. The molecule has 2 rings (SSSR count). The quantitative estimate of drug-likeness (QED) is 0.833. The lowest BCUT2D eigenvalue weighted by molar-refractivity contribution is -0.00856. The standard InChI is InChI=1S/C13H20N2O/c14-7-4-8-15-9-10-16-11-13(15)12-5-2-1-3-6-12/h1-3,5-6,13H,4,7-11,14H2. The van der Waals surface area contributed by atoms with Crippen molar-refractivity contribution in [2.24, 2.45) is 5.73 Å². The zero-order valence-electron chi connectivity index (χ0n) is 9.64. The van der Waals surface area contributed by atoms with Crippen molar-refractivity contribution in [1.29, 1.82) is 0 Å². The highest BCUT2D eigenvalue weighted by Gasteiger charge is 2.23. The molecule has 0 amide bonds. The van der Waals surface area contributed by atoms with Gasteiger partial charge in [-0.15, -0.1) is 0 Å². The Kier molecular flexibility index (Phi) is 4.34. The first kappa shape index (κ1) is 11.6. The molecule has 1 aliphatic heterocycles. The topological polar surface area (TPSA) is 38.5 Å². The Hall–Kier alpha value is -0.900. The summed E-state index contributed by atoms with van der Waals surface area (Å²) in [5.74, 6) is 0. The highest BCUT2D eigenvalue weighted by Crippen LogP contribution is 2.23. The van der Waals surface area contributed by atoms with Gasteiger partial charge < -0.3 is 10.5 Å². The molecule has 1 saturated heterocycles. The average molecular weight is 220 g/mol. The first-order chi connectivity index (χ1) is 7.92. The molecule has 0 radical (unpaired) electrons. The Morgan fingerprint density at radius 1 is 1.31 bits per heavy atom. The van der Waals surface area contributed by atoms with Crippen molar-refractivity contribution in [2.75, 3.05) is 32.8 Å². The fourth-order valence-electron chi connectivity index (χ4n) is 2.18. The summed E-state index contributed by atoms with van der Waals surface area (Å²) in [4.78, 5) is 2.48. The van der Waals surface area contributed by atoms with Crippen LogP contribution in [0.25, 0.3) is 0 Å². The molecule has 1 fully saturated rings. The summed E-state index contributed by atoms with van der Waals surface area (Å²) in [6.07, 6.45) is 1.06. The second kappa shape index (κ2) is 5.99. The molecule has 0 saturated carbocycles. The van der Waals surface area contributed by atoms with E-state index >= 15 is 0 Å². The lowest BCUT2D eigenvalue weighted by Gasteiger charge is -2.35. The van der Waals surface area contributed by atoms with E-state index in [4.69, 9.17) is 10.5 Å². The van der Waals surface area contributed by atoms with Crippen LogP contribution in [0.5, 0.6) is 0 Å². The molecule has 0 bridgehead atoms. The fraction of sp³-hybridized carbons (Fsp3) is 0.538. The van der Waals surface area contributed by atoms with Gasteiger partial charge in [0.25, 0.3) is 0 Å². The SMILES string of the molecule is NCCCN1CCOCC1c1ccccc1. The molecule has 0 aliphatic carbocycles. The summed E-state index contributed by atoms with van der Waals surface area (Å²) in [6.45, 7) is 4.49. The molecular weight excluding hydrogens is 200 g/mol. The number of ether oxygens (including phenoxy) is 1. The van der Waals surface area contributed by atoms with Gasteiger partial charge in [-0.3, -0.25) is 4.90 Å². The second-order valence-electron chi connectivity index (χ2n) is 4.18. The Morgan fingerprint density at radius 2 is 2.12 bits per heavy atom.